The van der Waals surface area contributed by atoms with Gasteiger partial charge in [-0.1, -0.05) is 11.6 Å². The van der Waals surface area contributed by atoms with Crippen LogP contribution in [-0.2, 0) is 4.79 Å². The second-order valence-corrected chi connectivity index (χ2v) is 6.09. The first kappa shape index (κ1) is 16.3. The van der Waals surface area contributed by atoms with Crippen LogP contribution in [0, 0.1) is 0 Å². The summed E-state index contributed by atoms with van der Waals surface area (Å²) in [6.07, 6.45) is 1.74. The van der Waals surface area contributed by atoms with E-state index in [4.69, 9.17) is 28.6 Å². The minimum atomic E-state index is -0.122. The quantitative estimate of drug-likeness (QED) is 0.585. The molecule has 0 aromatic heterocycles. The number of hydrogen-bond donors (Lipinski definition) is 0. The number of halogens is 2. The van der Waals surface area contributed by atoms with E-state index in [0.717, 1.165) is 4.47 Å². The van der Waals surface area contributed by atoms with Crippen molar-refractivity contribution in [2.75, 3.05) is 20.7 Å². The van der Waals surface area contributed by atoms with Gasteiger partial charge in [-0.15, -0.1) is 0 Å². The summed E-state index contributed by atoms with van der Waals surface area (Å²) < 4.78 is 6.09. The zero-order valence-corrected chi connectivity index (χ0v) is 15.0. The molecular formula is C14H14BrClN2O2S. The lowest BCUT2D eigenvalue weighted by Crippen LogP contribution is -2.30. The SMILES string of the molecule is CCN1C(=O)C(=Cc2cc(Cl)cc(Br)c2OC)N(C)C1=S. The van der Waals surface area contributed by atoms with E-state index in [1.165, 1.54) is 0 Å². The summed E-state index contributed by atoms with van der Waals surface area (Å²) >= 11 is 14.7. The van der Waals surface area contributed by atoms with Crippen LogP contribution in [0.4, 0.5) is 0 Å². The second-order valence-electron chi connectivity index (χ2n) is 4.43. The highest BCUT2D eigenvalue weighted by Crippen LogP contribution is 2.35. The predicted molar refractivity (Wildman–Crippen MR) is 91.4 cm³/mol. The van der Waals surface area contributed by atoms with E-state index in [9.17, 15) is 4.79 Å². The maximum absolute atomic E-state index is 12.4. The molecule has 1 aromatic carbocycles. The monoisotopic (exact) mass is 388 g/mol. The highest BCUT2D eigenvalue weighted by atomic mass is 79.9. The van der Waals surface area contributed by atoms with Crippen LogP contribution in [0.25, 0.3) is 6.08 Å². The Bertz CT molecular complexity index is 648. The van der Waals surface area contributed by atoms with Gasteiger partial charge >= 0.3 is 0 Å². The molecule has 1 saturated heterocycles. The van der Waals surface area contributed by atoms with Crippen LogP contribution in [0.2, 0.25) is 5.02 Å². The third-order valence-electron chi connectivity index (χ3n) is 3.19. The van der Waals surface area contributed by atoms with E-state index in [1.54, 1.807) is 42.2 Å². The topological polar surface area (TPSA) is 32.8 Å². The van der Waals surface area contributed by atoms with Gasteiger partial charge in [-0.25, -0.2) is 0 Å². The van der Waals surface area contributed by atoms with Gasteiger partial charge in [-0.05, 0) is 53.3 Å². The smallest absolute Gasteiger partial charge is 0.276 e. The fraction of sp³-hybridized carbons (Fsp3) is 0.286. The van der Waals surface area contributed by atoms with Gasteiger partial charge in [-0.2, -0.15) is 0 Å². The van der Waals surface area contributed by atoms with Gasteiger partial charge in [0.25, 0.3) is 5.91 Å². The summed E-state index contributed by atoms with van der Waals surface area (Å²) in [5.74, 6) is 0.497. The fourth-order valence-electron chi connectivity index (χ4n) is 2.14. The van der Waals surface area contributed by atoms with Crippen LogP contribution in [0.5, 0.6) is 5.75 Å². The number of hydrogen-bond acceptors (Lipinski definition) is 3. The minimum Gasteiger partial charge on any atom is -0.495 e. The summed E-state index contributed by atoms with van der Waals surface area (Å²) in [5, 5.41) is 1.05. The summed E-state index contributed by atoms with van der Waals surface area (Å²) in [5.41, 5.74) is 1.21. The van der Waals surface area contributed by atoms with Gasteiger partial charge in [0.1, 0.15) is 11.4 Å². The Morgan fingerprint density at radius 3 is 2.67 bits per heavy atom. The molecule has 7 heteroatoms. The molecule has 1 amide bonds. The summed E-state index contributed by atoms with van der Waals surface area (Å²) in [7, 11) is 3.34. The highest BCUT2D eigenvalue weighted by molar-refractivity contribution is 9.10. The molecule has 0 bridgehead atoms. The summed E-state index contributed by atoms with van der Waals surface area (Å²) in [6.45, 7) is 2.42. The lowest BCUT2D eigenvalue weighted by molar-refractivity contribution is -0.122. The van der Waals surface area contributed by atoms with Crippen molar-refractivity contribution >= 4 is 56.8 Å². The van der Waals surface area contributed by atoms with Crippen molar-refractivity contribution in [2.24, 2.45) is 0 Å². The van der Waals surface area contributed by atoms with Crippen LogP contribution in [0.15, 0.2) is 22.3 Å². The summed E-state index contributed by atoms with van der Waals surface area (Å²) in [6, 6.07) is 3.49. The van der Waals surface area contributed by atoms with Crippen LogP contribution in [0.3, 0.4) is 0 Å². The maximum atomic E-state index is 12.4. The van der Waals surface area contributed by atoms with Crippen molar-refractivity contribution in [3.8, 4) is 5.75 Å². The third-order valence-corrected chi connectivity index (χ3v) is 4.49. The molecule has 1 heterocycles. The van der Waals surface area contributed by atoms with Crippen molar-refractivity contribution in [3.05, 3.63) is 32.9 Å². The van der Waals surface area contributed by atoms with Gasteiger partial charge in [0, 0.05) is 24.2 Å². The van der Waals surface area contributed by atoms with Crippen LogP contribution < -0.4 is 4.74 Å². The Morgan fingerprint density at radius 1 is 1.48 bits per heavy atom. The first-order valence-electron chi connectivity index (χ1n) is 6.25. The standard InChI is InChI=1S/C14H14BrClN2O2S/c1-4-18-13(19)11(17(2)14(18)21)6-8-5-9(16)7-10(15)12(8)20-3/h5-7H,4H2,1-3H3. The lowest BCUT2D eigenvalue weighted by atomic mass is 10.1. The van der Waals surface area contributed by atoms with Gasteiger partial charge in [0.05, 0.1) is 11.6 Å². The second kappa shape index (κ2) is 6.34. The van der Waals surface area contributed by atoms with Crippen LogP contribution in [-0.4, -0.2) is 41.5 Å². The number of benzene rings is 1. The number of thiocarbonyl (C=S) groups is 1. The van der Waals surface area contributed by atoms with Crippen molar-refractivity contribution in [1.82, 2.24) is 9.80 Å². The van der Waals surface area contributed by atoms with E-state index < -0.39 is 0 Å². The Hall–Kier alpha value is -1.11. The van der Waals surface area contributed by atoms with Crippen LogP contribution >= 0.6 is 39.7 Å². The first-order valence-corrected chi connectivity index (χ1v) is 7.82. The molecule has 0 aliphatic carbocycles. The number of likely N-dealkylation sites (N-methyl/N-ethyl adjacent to an activating group) is 2. The van der Waals surface area contributed by atoms with Crippen molar-refractivity contribution < 1.29 is 9.53 Å². The number of methoxy groups -OCH3 is 1. The number of nitrogens with zero attached hydrogens (tertiary/aromatic N) is 2. The Kier molecular flexibility index (Phi) is 4.91. The molecule has 2 rings (SSSR count). The van der Waals surface area contributed by atoms with E-state index in [-0.39, 0.29) is 5.91 Å². The molecule has 0 atom stereocenters. The lowest BCUT2D eigenvalue weighted by Gasteiger charge is -2.14. The molecule has 1 fully saturated rings. The molecular weight excluding hydrogens is 376 g/mol. The number of ether oxygens (including phenoxy) is 1. The van der Waals surface area contributed by atoms with Crippen molar-refractivity contribution in [2.45, 2.75) is 6.92 Å². The number of carbonyl (C=O) groups excluding carboxylic acids is 1. The normalized spacial score (nSPS) is 17.1. The zero-order chi connectivity index (χ0) is 15.7. The number of carbonyl (C=O) groups is 1. The number of amides is 1. The Morgan fingerprint density at radius 2 is 2.14 bits per heavy atom. The van der Waals surface area contributed by atoms with Gasteiger partial charge in [0.2, 0.25) is 0 Å². The highest BCUT2D eigenvalue weighted by Gasteiger charge is 2.34. The van der Waals surface area contributed by atoms with Crippen molar-refractivity contribution in [1.29, 1.82) is 0 Å². The van der Waals surface area contributed by atoms with Crippen LogP contribution in [0.1, 0.15) is 12.5 Å². The molecule has 0 saturated carbocycles. The average Bonchev–Trinajstić information content (AvgIpc) is 2.62. The van der Waals surface area contributed by atoms with Gasteiger partial charge < -0.3 is 9.64 Å². The molecule has 1 aliphatic rings. The molecule has 0 N–H and O–H groups in total. The molecule has 1 aromatic rings. The molecule has 1 aliphatic heterocycles. The Labute approximate surface area is 142 Å². The molecule has 4 nitrogen and oxygen atoms in total. The third kappa shape index (κ3) is 2.93. The van der Waals surface area contributed by atoms with E-state index in [2.05, 4.69) is 15.9 Å². The molecule has 112 valence electrons. The van der Waals surface area contributed by atoms with E-state index >= 15 is 0 Å². The molecule has 0 radical (unpaired) electrons. The van der Waals surface area contributed by atoms with E-state index in [0.29, 0.717) is 33.7 Å². The summed E-state index contributed by atoms with van der Waals surface area (Å²) in [4.78, 5) is 15.6. The molecule has 21 heavy (non-hydrogen) atoms. The largest absolute Gasteiger partial charge is 0.495 e. The average molecular weight is 390 g/mol. The molecule has 0 spiro atoms. The zero-order valence-electron chi connectivity index (χ0n) is 11.8. The fourth-order valence-corrected chi connectivity index (χ4v) is 3.45. The minimum absolute atomic E-state index is 0.122. The van der Waals surface area contributed by atoms with Gasteiger partial charge in [0.15, 0.2) is 5.11 Å². The van der Waals surface area contributed by atoms with Gasteiger partial charge in [-0.3, -0.25) is 9.69 Å². The first-order chi connectivity index (χ1) is 9.90. The Balaban J connectivity index is 2.54. The number of rotatable bonds is 3. The predicted octanol–water partition coefficient (Wildman–Crippen LogP) is 3.53. The maximum Gasteiger partial charge on any atom is 0.276 e. The molecule has 0 unspecified atom stereocenters. The van der Waals surface area contributed by atoms with Crippen molar-refractivity contribution in [3.63, 3.8) is 0 Å². The van der Waals surface area contributed by atoms with E-state index in [1.807, 2.05) is 6.92 Å².